The van der Waals surface area contributed by atoms with Crippen molar-refractivity contribution in [1.82, 2.24) is 4.90 Å². The van der Waals surface area contributed by atoms with Crippen molar-refractivity contribution in [1.29, 1.82) is 0 Å². The highest BCUT2D eigenvalue weighted by Crippen LogP contribution is 2.54. The van der Waals surface area contributed by atoms with Gasteiger partial charge in [0.2, 0.25) is 0 Å². The zero-order valence-corrected chi connectivity index (χ0v) is 8.76. The fourth-order valence-electron chi connectivity index (χ4n) is 3.17. The third-order valence-corrected chi connectivity index (χ3v) is 4.54. The summed E-state index contributed by atoms with van der Waals surface area (Å²) in [5, 5.41) is 0. The Balaban J connectivity index is 1.50. The quantitative estimate of drug-likeness (QED) is 0.598. The van der Waals surface area contributed by atoms with E-state index in [1.165, 1.54) is 51.6 Å². The van der Waals surface area contributed by atoms with Crippen LogP contribution in [0.4, 0.5) is 0 Å². The second-order valence-electron chi connectivity index (χ2n) is 5.82. The van der Waals surface area contributed by atoms with Gasteiger partial charge in [0.05, 0.1) is 0 Å². The topological polar surface area (TPSA) is 3.24 Å². The molecular weight excluding hydrogens is 158 g/mol. The Kier molecular flexibility index (Phi) is 1.74. The normalized spacial score (nSPS) is 43.2. The lowest BCUT2D eigenvalue weighted by atomic mass is 9.83. The standard InChI is InChI=1S/C12H21N/c1-10-2-4-11(5-3-10)13-8-12(9-13)6-7-12/h10-11H,2-9H2,1H3/t10-,11-. The van der Waals surface area contributed by atoms with Crippen molar-refractivity contribution in [3.63, 3.8) is 0 Å². The van der Waals surface area contributed by atoms with Crippen molar-refractivity contribution >= 4 is 0 Å². The molecule has 2 aliphatic carbocycles. The molecule has 0 bridgehead atoms. The van der Waals surface area contributed by atoms with E-state index in [0.717, 1.165) is 17.4 Å². The summed E-state index contributed by atoms with van der Waals surface area (Å²) in [5.41, 5.74) is 0.864. The molecule has 1 heterocycles. The molecule has 1 saturated heterocycles. The SMILES string of the molecule is C[C@H]1CC[C@H](N2CC3(CC3)C2)CC1. The van der Waals surface area contributed by atoms with E-state index in [4.69, 9.17) is 0 Å². The molecule has 3 fully saturated rings. The molecule has 0 N–H and O–H groups in total. The molecule has 3 rings (SSSR count). The minimum absolute atomic E-state index is 0.864. The van der Waals surface area contributed by atoms with E-state index in [1.54, 1.807) is 0 Å². The molecule has 3 aliphatic rings. The Labute approximate surface area is 81.5 Å². The van der Waals surface area contributed by atoms with Gasteiger partial charge in [-0.15, -0.1) is 0 Å². The van der Waals surface area contributed by atoms with Crippen LogP contribution in [0.25, 0.3) is 0 Å². The predicted molar refractivity (Wildman–Crippen MR) is 54.7 cm³/mol. The molecule has 1 nitrogen and oxygen atoms in total. The minimum atomic E-state index is 0.864. The van der Waals surface area contributed by atoms with Gasteiger partial charge in [-0.3, -0.25) is 4.90 Å². The molecule has 0 aromatic heterocycles. The second-order valence-corrected chi connectivity index (χ2v) is 5.82. The first-order chi connectivity index (χ1) is 6.27. The summed E-state index contributed by atoms with van der Waals surface area (Å²) in [7, 11) is 0. The van der Waals surface area contributed by atoms with Gasteiger partial charge in [-0.1, -0.05) is 6.92 Å². The molecule has 0 atom stereocenters. The number of rotatable bonds is 1. The van der Waals surface area contributed by atoms with Crippen molar-refractivity contribution < 1.29 is 0 Å². The summed E-state index contributed by atoms with van der Waals surface area (Å²) in [5.74, 6) is 1.01. The zero-order chi connectivity index (χ0) is 8.89. The summed E-state index contributed by atoms with van der Waals surface area (Å²) in [6, 6.07) is 0.974. The van der Waals surface area contributed by atoms with E-state index in [0.29, 0.717) is 0 Å². The Morgan fingerprint density at radius 1 is 1.00 bits per heavy atom. The van der Waals surface area contributed by atoms with Crippen molar-refractivity contribution in [2.75, 3.05) is 13.1 Å². The van der Waals surface area contributed by atoms with Gasteiger partial charge in [0.25, 0.3) is 0 Å². The van der Waals surface area contributed by atoms with Gasteiger partial charge in [-0.05, 0) is 49.9 Å². The van der Waals surface area contributed by atoms with Gasteiger partial charge in [-0.25, -0.2) is 0 Å². The Morgan fingerprint density at radius 3 is 2.15 bits per heavy atom. The van der Waals surface area contributed by atoms with Crippen LogP contribution in [0.1, 0.15) is 45.4 Å². The van der Waals surface area contributed by atoms with Crippen molar-refractivity contribution in [3.05, 3.63) is 0 Å². The average Bonchev–Trinajstić information content (AvgIpc) is 2.83. The smallest absolute Gasteiger partial charge is 0.00959 e. The van der Waals surface area contributed by atoms with E-state index in [9.17, 15) is 0 Å². The summed E-state index contributed by atoms with van der Waals surface area (Å²) >= 11 is 0. The lowest BCUT2D eigenvalue weighted by Gasteiger charge is -2.47. The fourth-order valence-corrected chi connectivity index (χ4v) is 3.17. The molecule has 0 aromatic carbocycles. The van der Waals surface area contributed by atoms with Gasteiger partial charge in [-0.2, -0.15) is 0 Å². The summed E-state index contributed by atoms with van der Waals surface area (Å²) < 4.78 is 0. The molecule has 1 spiro atoms. The highest BCUT2D eigenvalue weighted by molar-refractivity contribution is 5.06. The van der Waals surface area contributed by atoms with Crippen molar-refractivity contribution in [2.24, 2.45) is 11.3 Å². The highest BCUT2D eigenvalue weighted by Gasteiger charge is 2.53. The number of hydrogen-bond acceptors (Lipinski definition) is 1. The lowest BCUT2D eigenvalue weighted by Crippen LogP contribution is -2.54. The summed E-state index contributed by atoms with van der Waals surface area (Å²) in [4.78, 5) is 2.76. The second kappa shape index (κ2) is 2.73. The maximum Gasteiger partial charge on any atom is 0.00959 e. The fraction of sp³-hybridized carbons (Fsp3) is 1.00. The van der Waals surface area contributed by atoms with E-state index < -0.39 is 0 Å². The zero-order valence-electron chi connectivity index (χ0n) is 8.76. The van der Waals surface area contributed by atoms with Crippen LogP contribution in [-0.2, 0) is 0 Å². The maximum absolute atomic E-state index is 2.76. The first-order valence-corrected chi connectivity index (χ1v) is 6.02. The molecule has 0 radical (unpaired) electrons. The van der Waals surface area contributed by atoms with Crippen LogP contribution in [0.2, 0.25) is 0 Å². The Hall–Kier alpha value is -0.0400. The Morgan fingerprint density at radius 2 is 1.62 bits per heavy atom. The Bertz CT molecular complexity index is 191. The number of likely N-dealkylation sites (tertiary alicyclic amines) is 1. The van der Waals surface area contributed by atoms with Gasteiger partial charge >= 0.3 is 0 Å². The van der Waals surface area contributed by atoms with Gasteiger partial charge < -0.3 is 0 Å². The van der Waals surface area contributed by atoms with Crippen molar-refractivity contribution in [2.45, 2.75) is 51.5 Å². The average molecular weight is 179 g/mol. The predicted octanol–water partition coefficient (Wildman–Crippen LogP) is 2.66. The maximum atomic E-state index is 2.76. The van der Waals surface area contributed by atoms with E-state index in [-0.39, 0.29) is 0 Å². The van der Waals surface area contributed by atoms with Crippen LogP contribution < -0.4 is 0 Å². The minimum Gasteiger partial charge on any atom is -0.299 e. The van der Waals surface area contributed by atoms with Crippen LogP contribution >= 0.6 is 0 Å². The molecule has 0 aromatic rings. The summed E-state index contributed by atoms with van der Waals surface area (Å²) in [6.45, 7) is 5.31. The molecule has 13 heavy (non-hydrogen) atoms. The first-order valence-electron chi connectivity index (χ1n) is 6.02. The summed E-state index contributed by atoms with van der Waals surface area (Å²) in [6.07, 6.45) is 9.00. The van der Waals surface area contributed by atoms with E-state index in [2.05, 4.69) is 11.8 Å². The first kappa shape index (κ1) is 8.28. The van der Waals surface area contributed by atoms with Crippen LogP contribution in [0, 0.1) is 11.3 Å². The van der Waals surface area contributed by atoms with Crippen LogP contribution in [0.15, 0.2) is 0 Å². The highest BCUT2D eigenvalue weighted by atomic mass is 15.2. The van der Waals surface area contributed by atoms with Gasteiger partial charge in [0, 0.05) is 19.1 Å². The molecule has 2 saturated carbocycles. The lowest BCUT2D eigenvalue weighted by molar-refractivity contribution is 0.0151. The third-order valence-electron chi connectivity index (χ3n) is 4.54. The molecule has 0 unspecified atom stereocenters. The molecule has 1 heteroatoms. The number of hydrogen-bond donors (Lipinski definition) is 0. The van der Waals surface area contributed by atoms with Gasteiger partial charge in [0.15, 0.2) is 0 Å². The monoisotopic (exact) mass is 179 g/mol. The van der Waals surface area contributed by atoms with Crippen LogP contribution in [-0.4, -0.2) is 24.0 Å². The largest absolute Gasteiger partial charge is 0.299 e. The van der Waals surface area contributed by atoms with Crippen LogP contribution in [0.3, 0.4) is 0 Å². The third kappa shape index (κ3) is 1.41. The van der Waals surface area contributed by atoms with Gasteiger partial charge in [0.1, 0.15) is 0 Å². The molecule has 74 valence electrons. The van der Waals surface area contributed by atoms with E-state index >= 15 is 0 Å². The van der Waals surface area contributed by atoms with Crippen LogP contribution in [0.5, 0.6) is 0 Å². The molecule has 1 aliphatic heterocycles. The van der Waals surface area contributed by atoms with E-state index in [1.807, 2.05) is 0 Å². The number of nitrogens with zero attached hydrogens (tertiary/aromatic N) is 1. The molecule has 0 amide bonds. The molecular formula is C12H21N. The van der Waals surface area contributed by atoms with Crippen molar-refractivity contribution in [3.8, 4) is 0 Å².